The van der Waals surface area contributed by atoms with E-state index in [1.165, 1.54) is 0 Å². The van der Waals surface area contributed by atoms with Gasteiger partial charge in [-0.3, -0.25) is 0 Å². The standard InChI is InChI=1S/C9H8BrClN4/c10-6-1-8(11)9(13-2-6)14-4-7-3-12-5-15-7/h1-3,5H,4H2,(H,12,15)(H,13,14). The Morgan fingerprint density at radius 3 is 3.00 bits per heavy atom. The molecular weight excluding hydrogens is 279 g/mol. The quantitative estimate of drug-likeness (QED) is 0.913. The third kappa shape index (κ3) is 2.70. The van der Waals surface area contributed by atoms with Crippen molar-refractivity contribution in [1.82, 2.24) is 15.0 Å². The Hall–Kier alpha value is -1.07. The van der Waals surface area contributed by atoms with Crippen LogP contribution < -0.4 is 5.32 Å². The van der Waals surface area contributed by atoms with Crippen molar-refractivity contribution in [2.45, 2.75) is 6.54 Å². The summed E-state index contributed by atoms with van der Waals surface area (Å²) in [6.07, 6.45) is 5.08. The molecule has 0 unspecified atom stereocenters. The fourth-order valence-electron chi connectivity index (χ4n) is 1.10. The second kappa shape index (κ2) is 4.63. The van der Waals surface area contributed by atoms with Crippen LogP contribution in [0.1, 0.15) is 5.69 Å². The fraction of sp³-hybridized carbons (Fsp3) is 0.111. The molecule has 2 heterocycles. The predicted octanol–water partition coefficient (Wildman–Crippen LogP) is 2.83. The normalized spacial score (nSPS) is 10.3. The molecule has 0 aromatic carbocycles. The average molecular weight is 288 g/mol. The number of H-pyrrole nitrogens is 1. The second-order valence-electron chi connectivity index (χ2n) is 2.91. The fourth-order valence-corrected chi connectivity index (χ4v) is 1.80. The number of nitrogens with one attached hydrogen (secondary N) is 2. The van der Waals surface area contributed by atoms with Gasteiger partial charge in [0.2, 0.25) is 0 Å². The van der Waals surface area contributed by atoms with Crippen molar-refractivity contribution in [3.8, 4) is 0 Å². The zero-order valence-electron chi connectivity index (χ0n) is 7.67. The molecule has 78 valence electrons. The Morgan fingerprint density at radius 2 is 2.33 bits per heavy atom. The highest BCUT2D eigenvalue weighted by molar-refractivity contribution is 9.10. The molecule has 4 nitrogen and oxygen atoms in total. The minimum atomic E-state index is 0.587. The van der Waals surface area contributed by atoms with E-state index in [0.717, 1.165) is 10.2 Å². The van der Waals surface area contributed by atoms with Gasteiger partial charge in [0, 0.05) is 16.9 Å². The first-order valence-electron chi connectivity index (χ1n) is 4.28. The molecule has 2 rings (SSSR count). The molecule has 0 bridgehead atoms. The first kappa shape index (κ1) is 10.4. The van der Waals surface area contributed by atoms with Gasteiger partial charge in [-0.15, -0.1) is 0 Å². The monoisotopic (exact) mass is 286 g/mol. The summed E-state index contributed by atoms with van der Waals surface area (Å²) in [5.41, 5.74) is 0.982. The van der Waals surface area contributed by atoms with Gasteiger partial charge in [0.1, 0.15) is 5.82 Å². The van der Waals surface area contributed by atoms with Crippen LogP contribution in [0.5, 0.6) is 0 Å². The molecule has 0 aliphatic carbocycles. The van der Waals surface area contributed by atoms with Gasteiger partial charge in [-0.25, -0.2) is 9.97 Å². The molecule has 0 saturated heterocycles. The molecule has 0 aliphatic rings. The summed E-state index contributed by atoms with van der Waals surface area (Å²) in [7, 11) is 0. The number of rotatable bonds is 3. The minimum Gasteiger partial charge on any atom is -0.363 e. The Morgan fingerprint density at radius 1 is 1.47 bits per heavy atom. The van der Waals surface area contributed by atoms with E-state index in [2.05, 4.69) is 36.2 Å². The predicted molar refractivity (Wildman–Crippen MR) is 62.9 cm³/mol. The summed E-state index contributed by atoms with van der Waals surface area (Å²) < 4.78 is 0.861. The molecule has 6 heteroatoms. The lowest BCUT2D eigenvalue weighted by atomic mass is 10.4. The molecule has 2 aromatic rings. The maximum atomic E-state index is 5.99. The third-order valence-corrected chi connectivity index (χ3v) is 2.53. The molecule has 0 spiro atoms. The van der Waals surface area contributed by atoms with Crippen molar-refractivity contribution < 1.29 is 0 Å². The van der Waals surface area contributed by atoms with Crippen LogP contribution in [0.25, 0.3) is 0 Å². The van der Waals surface area contributed by atoms with Gasteiger partial charge in [-0.2, -0.15) is 0 Å². The van der Waals surface area contributed by atoms with E-state index in [4.69, 9.17) is 11.6 Å². The number of anilines is 1. The van der Waals surface area contributed by atoms with E-state index in [1.807, 2.05) is 0 Å². The number of hydrogen-bond acceptors (Lipinski definition) is 3. The van der Waals surface area contributed by atoms with Crippen molar-refractivity contribution in [3.05, 3.63) is 40.0 Å². The summed E-state index contributed by atoms with van der Waals surface area (Å²) in [6, 6.07) is 1.80. The number of pyridine rings is 1. The number of halogens is 2. The molecule has 0 radical (unpaired) electrons. The zero-order chi connectivity index (χ0) is 10.7. The zero-order valence-corrected chi connectivity index (χ0v) is 10.0. The number of aromatic amines is 1. The van der Waals surface area contributed by atoms with Crippen molar-refractivity contribution >= 4 is 33.3 Å². The molecule has 0 amide bonds. The Balaban J connectivity index is 2.05. The van der Waals surface area contributed by atoms with Gasteiger partial charge in [0.15, 0.2) is 0 Å². The third-order valence-electron chi connectivity index (χ3n) is 1.81. The Labute approximate surface area is 100 Å². The topological polar surface area (TPSA) is 53.6 Å². The largest absolute Gasteiger partial charge is 0.363 e. The molecule has 0 atom stereocenters. The van der Waals surface area contributed by atoms with Gasteiger partial charge >= 0.3 is 0 Å². The van der Waals surface area contributed by atoms with Crippen molar-refractivity contribution in [2.24, 2.45) is 0 Å². The smallest absolute Gasteiger partial charge is 0.145 e. The summed E-state index contributed by atoms with van der Waals surface area (Å²) in [5, 5.41) is 3.69. The van der Waals surface area contributed by atoms with Gasteiger partial charge < -0.3 is 10.3 Å². The molecular formula is C9H8BrClN4. The highest BCUT2D eigenvalue weighted by Crippen LogP contribution is 2.22. The molecule has 15 heavy (non-hydrogen) atoms. The van der Waals surface area contributed by atoms with E-state index in [0.29, 0.717) is 17.4 Å². The molecule has 0 aliphatic heterocycles. The maximum Gasteiger partial charge on any atom is 0.145 e. The van der Waals surface area contributed by atoms with E-state index >= 15 is 0 Å². The van der Waals surface area contributed by atoms with Gasteiger partial charge in [-0.05, 0) is 22.0 Å². The van der Waals surface area contributed by atoms with E-state index < -0.39 is 0 Å². The lowest BCUT2D eigenvalue weighted by molar-refractivity contribution is 1.05. The van der Waals surface area contributed by atoms with Crippen LogP contribution in [-0.4, -0.2) is 15.0 Å². The molecule has 2 N–H and O–H groups in total. The first-order chi connectivity index (χ1) is 7.25. The highest BCUT2D eigenvalue weighted by atomic mass is 79.9. The minimum absolute atomic E-state index is 0.587. The van der Waals surface area contributed by atoms with Crippen LogP contribution in [0.15, 0.2) is 29.3 Å². The maximum absolute atomic E-state index is 5.99. The number of hydrogen-bond donors (Lipinski definition) is 2. The highest BCUT2D eigenvalue weighted by Gasteiger charge is 2.02. The van der Waals surface area contributed by atoms with Crippen LogP contribution in [0.3, 0.4) is 0 Å². The van der Waals surface area contributed by atoms with Gasteiger partial charge in [0.25, 0.3) is 0 Å². The number of aromatic nitrogens is 3. The number of nitrogens with zero attached hydrogens (tertiary/aromatic N) is 2. The Bertz CT molecular complexity index is 443. The van der Waals surface area contributed by atoms with E-state index in [-0.39, 0.29) is 0 Å². The van der Waals surface area contributed by atoms with Crippen LogP contribution in [0.2, 0.25) is 5.02 Å². The Kier molecular flexibility index (Phi) is 3.23. The van der Waals surface area contributed by atoms with Crippen LogP contribution in [0, 0.1) is 0 Å². The molecule has 0 fully saturated rings. The summed E-state index contributed by atoms with van der Waals surface area (Å²) in [4.78, 5) is 11.1. The van der Waals surface area contributed by atoms with Crippen molar-refractivity contribution in [1.29, 1.82) is 0 Å². The average Bonchev–Trinajstić information content (AvgIpc) is 2.69. The van der Waals surface area contributed by atoms with Crippen LogP contribution >= 0.6 is 27.5 Å². The molecule has 2 aromatic heterocycles. The summed E-state index contributed by atoms with van der Waals surface area (Å²) in [6.45, 7) is 0.619. The van der Waals surface area contributed by atoms with E-state index in [1.54, 1.807) is 24.8 Å². The van der Waals surface area contributed by atoms with Crippen LogP contribution in [0.4, 0.5) is 5.82 Å². The van der Waals surface area contributed by atoms with E-state index in [9.17, 15) is 0 Å². The van der Waals surface area contributed by atoms with Gasteiger partial charge in [-0.1, -0.05) is 11.6 Å². The van der Waals surface area contributed by atoms with Gasteiger partial charge in [0.05, 0.1) is 23.6 Å². The van der Waals surface area contributed by atoms with Crippen molar-refractivity contribution in [2.75, 3.05) is 5.32 Å². The lowest BCUT2D eigenvalue weighted by Crippen LogP contribution is -2.01. The SMILES string of the molecule is Clc1cc(Br)cnc1NCc1cnc[nH]1. The molecule has 0 saturated carbocycles. The first-order valence-corrected chi connectivity index (χ1v) is 5.45. The second-order valence-corrected chi connectivity index (χ2v) is 4.24. The van der Waals surface area contributed by atoms with Crippen molar-refractivity contribution in [3.63, 3.8) is 0 Å². The summed E-state index contributed by atoms with van der Waals surface area (Å²) >= 11 is 9.28. The summed E-state index contributed by atoms with van der Waals surface area (Å²) in [5.74, 6) is 0.662. The van der Waals surface area contributed by atoms with Crippen LogP contribution in [-0.2, 0) is 6.54 Å². The lowest BCUT2D eigenvalue weighted by Gasteiger charge is -2.05. The number of imidazole rings is 1.